The van der Waals surface area contributed by atoms with Crippen molar-refractivity contribution in [2.24, 2.45) is 0 Å². The largest absolute Gasteiger partial charge is 0.399 e. The van der Waals surface area contributed by atoms with Gasteiger partial charge in [0.1, 0.15) is 0 Å². The number of nitrogen functional groups attached to an aromatic ring is 1. The Balaban J connectivity index is 1.87. The molecule has 0 bridgehead atoms. The molecule has 0 radical (unpaired) electrons. The number of hydrogen-bond donors (Lipinski definition) is 2. The fourth-order valence-corrected chi connectivity index (χ4v) is 1.54. The van der Waals surface area contributed by atoms with Crippen molar-refractivity contribution in [3.8, 4) is 0 Å². The molecule has 17 heavy (non-hydrogen) atoms. The number of nitrogens with zero attached hydrogens (tertiary/aromatic N) is 2. The van der Waals surface area contributed by atoms with E-state index in [-0.39, 0.29) is 0 Å². The predicted molar refractivity (Wildman–Crippen MR) is 66.8 cm³/mol. The molecule has 0 aliphatic rings. The van der Waals surface area contributed by atoms with Crippen molar-refractivity contribution in [3.05, 3.63) is 35.5 Å². The average molecular weight is 232 g/mol. The fraction of sp³-hybridized carbons (Fsp3) is 0.333. The number of nitrogens with two attached hydrogens (primary N) is 1. The van der Waals surface area contributed by atoms with E-state index in [0.717, 1.165) is 23.5 Å². The van der Waals surface area contributed by atoms with Crippen LogP contribution < -0.4 is 11.1 Å². The fourth-order valence-electron chi connectivity index (χ4n) is 1.54. The van der Waals surface area contributed by atoms with Gasteiger partial charge in [0.2, 0.25) is 5.89 Å². The molecule has 90 valence electrons. The van der Waals surface area contributed by atoms with Crippen molar-refractivity contribution in [2.75, 3.05) is 17.6 Å². The van der Waals surface area contributed by atoms with E-state index in [4.69, 9.17) is 10.3 Å². The van der Waals surface area contributed by atoms with Crippen LogP contribution in [0, 0.1) is 13.8 Å². The van der Waals surface area contributed by atoms with E-state index in [1.165, 1.54) is 0 Å². The van der Waals surface area contributed by atoms with Gasteiger partial charge in [-0.3, -0.25) is 0 Å². The Hall–Kier alpha value is -2.04. The number of anilines is 2. The smallest absolute Gasteiger partial charge is 0.228 e. The van der Waals surface area contributed by atoms with E-state index in [1.807, 2.05) is 32.0 Å². The van der Waals surface area contributed by atoms with Crippen LogP contribution in [0.3, 0.4) is 0 Å². The van der Waals surface area contributed by atoms with Gasteiger partial charge in [-0.2, -0.15) is 4.98 Å². The quantitative estimate of drug-likeness (QED) is 0.787. The summed E-state index contributed by atoms with van der Waals surface area (Å²) >= 11 is 0. The summed E-state index contributed by atoms with van der Waals surface area (Å²) in [5, 5.41) is 7.02. The zero-order valence-electron chi connectivity index (χ0n) is 10.0. The second-order valence-electron chi connectivity index (χ2n) is 3.98. The van der Waals surface area contributed by atoms with Crippen LogP contribution in [0.5, 0.6) is 0 Å². The lowest BCUT2D eigenvalue weighted by Gasteiger charge is -2.07. The topological polar surface area (TPSA) is 77.0 Å². The highest BCUT2D eigenvalue weighted by atomic mass is 16.5. The molecule has 0 saturated heterocycles. The van der Waals surface area contributed by atoms with E-state index in [9.17, 15) is 0 Å². The monoisotopic (exact) mass is 232 g/mol. The Morgan fingerprint density at radius 1 is 1.35 bits per heavy atom. The molecule has 0 fully saturated rings. The minimum atomic E-state index is 0.655. The highest BCUT2D eigenvalue weighted by molar-refractivity contribution is 5.56. The Bertz CT molecular complexity index is 507. The van der Waals surface area contributed by atoms with Gasteiger partial charge in [-0.25, -0.2) is 0 Å². The second-order valence-corrected chi connectivity index (χ2v) is 3.98. The standard InChI is InChI=1S/C12H16N4O/c1-8-7-10(3-4-11(8)13)14-6-5-12-15-9(2)16-17-12/h3-4,7,14H,5-6,13H2,1-2H3. The third-order valence-electron chi connectivity index (χ3n) is 2.51. The molecule has 0 atom stereocenters. The number of hydrogen-bond acceptors (Lipinski definition) is 5. The summed E-state index contributed by atoms with van der Waals surface area (Å²) in [7, 11) is 0. The minimum Gasteiger partial charge on any atom is -0.399 e. The van der Waals surface area contributed by atoms with Gasteiger partial charge in [-0.15, -0.1) is 0 Å². The first-order valence-electron chi connectivity index (χ1n) is 5.54. The zero-order valence-corrected chi connectivity index (χ0v) is 10.0. The normalized spacial score (nSPS) is 10.5. The molecular weight excluding hydrogens is 216 g/mol. The molecule has 0 aliphatic heterocycles. The maximum atomic E-state index is 5.75. The molecule has 1 aromatic heterocycles. The van der Waals surface area contributed by atoms with Gasteiger partial charge >= 0.3 is 0 Å². The Morgan fingerprint density at radius 3 is 2.82 bits per heavy atom. The van der Waals surface area contributed by atoms with Crippen molar-refractivity contribution in [2.45, 2.75) is 20.3 Å². The van der Waals surface area contributed by atoms with Crippen molar-refractivity contribution >= 4 is 11.4 Å². The molecule has 0 unspecified atom stereocenters. The Labute approximate surface area is 100 Å². The summed E-state index contributed by atoms with van der Waals surface area (Å²) in [4.78, 5) is 4.14. The van der Waals surface area contributed by atoms with E-state index < -0.39 is 0 Å². The van der Waals surface area contributed by atoms with Gasteiger partial charge in [-0.05, 0) is 37.6 Å². The lowest BCUT2D eigenvalue weighted by molar-refractivity contribution is 0.377. The van der Waals surface area contributed by atoms with Crippen LogP contribution in [-0.4, -0.2) is 16.7 Å². The Kier molecular flexibility index (Phi) is 3.27. The summed E-state index contributed by atoms with van der Waals surface area (Å²) < 4.78 is 5.02. The average Bonchev–Trinajstić information content (AvgIpc) is 2.70. The number of aromatic nitrogens is 2. The number of aryl methyl sites for hydroxylation is 2. The lowest BCUT2D eigenvalue weighted by Crippen LogP contribution is -2.05. The maximum Gasteiger partial charge on any atom is 0.228 e. The molecular formula is C12H16N4O. The van der Waals surface area contributed by atoms with Gasteiger partial charge in [0.25, 0.3) is 0 Å². The van der Waals surface area contributed by atoms with Crippen molar-refractivity contribution in [1.82, 2.24) is 10.1 Å². The zero-order chi connectivity index (χ0) is 12.3. The van der Waals surface area contributed by atoms with Gasteiger partial charge in [0.15, 0.2) is 5.82 Å². The molecule has 2 aromatic rings. The molecule has 1 aromatic carbocycles. The van der Waals surface area contributed by atoms with Crippen molar-refractivity contribution in [1.29, 1.82) is 0 Å². The van der Waals surface area contributed by atoms with Gasteiger partial charge in [0.05, 0.1) is 0 Å². The van der Waals surface area contributed by atoms with Gasteiger partial charge < -0.3 is 15.6 Å². The highest BCUT2D eigenvalue weighted by Crippen LogP contribution is 2.16. The summed E-state index contributed by atoms with van der Waals surface area (Å²) in [5.74, 6) is 1.32. The van der Waals surface area contributed by atoms with Crippen LogP contribution in [-0.2, 0) is 6.42 Å². The molecule has 3 N–H and O–H groups in total. The summed E-state index contributed by atoms with van der Waals surface area (Å²) in [6, 6.07) is 5.88. The molecule has 1 heterocycles. The predicted octanol–water partition coefficient (Wildman–Crippen LogP) is 1.92. The SMILES string of the molecule is Cc1noc(CCNc2ccc(N)c(C)c2)n1. The molecule has 5 nitrogen and oxygen atoms in total. The molecule has 0 spiro atoms. The first kappa shape index (κ1) is 11.4. The van der Waals surface area contributed by atoms with E-state index >= 15 is 0 Å². The maximum absolute atomic E-state index is 5.75. The van der Waals surface area contributed by atoms with Crippen LogP contribution in [0.15, 0.2) is 22.7 Å². The molecule has 0 amide bonds. The van der Waals surface area contributed by atoms with Crippen molar-refractivity contribution in [3.63, 3.8) is 0 Å². The summed E-state index contributed by atoms with van der Waals surface area (Å²) in [6.07, 6.45) is 0.713. The first-order valence-corrected chi connectivity index (χ1v) is 5.54. The second kappa shape index (κ2) is 4.86. The van der Waals surface area contributed by atoms with Crippen LogP contribution in [0.25, 0.3) is 0 Å². The molecule has 0 saturated carbocycles. The number of benzene rings is 1. The van der Waals surface area contributed by atoms with E-state index in [2.05, 4.69) is 15.5 Å². The first-order chi connectivity index (χ1) is 8.15. The van der Waals surface area contributed by atoms with E-state index in [0.29, 0.717) is 18.1 Å². The van der Waals surface area contributed by atoms with Crippen LogP contribution in [0.2, 0.25) is 0 Å². The molecule has 0 aliphatic carbocycles. The lowest BCUT2D eigenvalue weighted by atomic mass is 10.2. The molecule has 2 rings (SSSR count). The molecule has 5 heteroatoms. The van der Waals surface area contributed by atoms with Crippen molar-refractivity contribution < 1.29 is 4.52 Å². The summed E-state index contributed by atoms with van der Waals surface area (Å²) in [6.45, 7) is 4.55. The Morgan fingerprint density at radius 2 is 2.18 bits per heavy atom. The third-order valence-corrected chi connectivity index (χ3v) is 2.51. The number of rotatable bonds is 4. The van der Waals surface area contributed by atoms with Crippen LogP contribution >= 0.6 is 0 Å². The minimum absolute atomic E-state index is 0.655. The van der Waals surface area contributed by atoms with Crippen LogP contribution in [0.4, 0.5) is 11.4 Å². The summed E-state index contributed by atoms with van der Waals surface area (Å²) in [5.41, 5.74) is 8.68. The van der Waals surface area contributed by atoms with Gasteiger partial charge in [0, 0.05) is 24.3 Å². The highest BCUT2D eigenvalue weighted by Gasteiger charge is 2.02. The van der Waals surface area contributed by atoms with E-state index in [1.54, 1.807) is 0 Å². The third kappa shape index (κ3) is 2.96. The van der Waals surface area contributed by atoms with Gasteiger partial charge in [-0.1, -0.05) is 5.16 Å². The number of nitrogens with one attached hydrogen (secondary N) is 1. The van der Waals surface area contributed by atoms with Crippen LogP contribution in [0.1, 0.15) is 17.3 Å².